The molecule has 1 aromatic heterocycles. The molecule has 2 rings (SSSR count). The van der Waals surface area contributed by atoms with Gasteiger partial charge in [0.25, 0.3) is 0 Å². The molecule has 0 aromatic carbocycles. The maximum Gasteiger partial charge on any atom is 0.219 e. The van der Waals surface area contributed by atoms with Crippen LogP contribution >= 0.6 is 0 Å². The zero-order chi connectivity index (χ0) is 15.4. The summed E-state index contributed by atoms with van der Waals surface area (Å²) in [5.74, 6) is 1.75. The molecule has 0 spiro atoms. The zero-order valence-corrected chi connectivity index (χ0v) is 13.3. The summed E-state index contributed by atoms with van der Waals surface area (Å²) in [6, 6.07) is 0. The Morgan fingerprint density at radius 2 is 2.19 bits per heavy atom. The molecule has 1 fully saturated rings. The van der Waals surface area contributed by atoms with Crippen LogP contribution in [0, 0.1) is 13.8 Å². The highest BCUT2D eigenvalue weighted by Crippen LogP contribution is 2.17. The van der Waals surface area contributed by atoms with E-state index < -0.39 is 0 Å². The minimum Gasteiger partial charge on any atom is -0.373 e. The second-order valence-electron chi connectivity index (χ2n) is 5.38. The molecule has 1 N–H and O–H groups in total. The van der Waals surface area contributed by atoms with Gasteiger partial charge in [-0.05, 0) is 20.3 Å². The zero-order valence-electron chi connectivity index (χ0n) is 13.3. The number of hydrogen-bond donors (Lipinski definition) is 1. The maximum absolute atomic E-state index is 11.4. The lowest BCUT2D eigenvalue weighted by Gasteiger charge is -2.32. The number of nitrogens with one attached hydrogen (secondary N) is 1. The van der Waals surface area contributed by atoms with E-state index in [1.54, 1.807) is 6.92 Å². The van der Waals surface area contributed by atoms with Gasteiger partial charge in [0.1, 0.15) is 11.6 Å². The van der Waals surface area contributed by atoms with E-state index in [9.17, 15) is 4.79 Å². The van der Waals surface area contributed by atoms with Gasteiger partial charge >= 0.3 is 0 Å². The third-order valence-corrected chi connectivity index (χ3v) is 3.76. The summed E-state index contributed by atoms with van der Waals surface area (Å²) in [5, 5.41) is 3.36. The number of anilines is 1. The number of amides is 1. The summed E-state index contributed by atoms with van der Waals surface area (Å²) in [5.41, 5.74) is 2.15. The van der Waals surface area contributed by atoms with Crippen LogP contribution in [0.4, 0.5) is 5.82 Å². The summed E-state index contributed by atoms with van der Waals surface area (Å²) in [7, 11) is 0. The quantitative estimate of drug-likeness (QED) is 0.906. The molecule has 1 atom stereocenters. The Balaban J connectivity index is 2.01. The maximum atomic E-state index is 11.4. The molecule has 1 aromatic rings. The molecule has 0 unspecified atom stereocenters. The van der Waals surface area contributed by atoms with Crippen molar-refractivity contribution in [1.82, 2.24) is 14.9 Å². The summed E-state index contributed by atoms with van der Waals surface area (Å²) in [6.07, 6.45) is 0.891. The highest BCUT2D eigenvalue weighted by molar-refractivity contribution is 5.73. The summed E-state index contributed by atoms with van der Waals surface area (Å²) in [6.45, 7) is 10.1. The number of morpholine rings is 1. The van der Waals surface area contributed by atoms with Crippen LogP contribution in [0.15, 0.2) is 0 Å². The number of carbonyl (C=O) groups is 1. The number of carbonyl (C=O) groups excluding carboxylic acids is 1. The van der Waals surface area contributed by atoms with Gasteiger partial charge in [-0.25, -0.2) is 9.97 Å². The van der Waals surface area contributed by atoms with Crippen LogP contribution < -0.4 is 5.32 Å². The van der Waals surface area contributed by atoms with Crippen LogP contribution in [0.3, 0.4) is 0 Å². The average molecular weight is 292 g/mol. The second-order valence-corrected chi connectivity index (χ2v) is 5.38. The van der Waals surface area contributed by atoms with E-state index in [1.165, 1.54) is 0 Å². The molecule has 21 heavy (non-hydrogen) atoms. The van der Waals surface area contributed by atoms with Gasteiger partial charge in [-0.2, -0.15) is 0 Å². The third kappa shape index (κ3) is 3.91. The summed E-state index contributed by atoms with van der Waals surface area (Å²) in [4.78, 5) is 22.1. The lowest BCUT2D eigenvalue weighted by atomic mass is 10.1. The van der Waals surface area contributed by atoms with Gasteiger partial charge in [-0.3, -0.25) is 4.79 Å². The van der Waals surface area contributed by atoms with Gasteiger partial charge in [-0.15, -0.1) is 0 Å². The Morgan fingerprint density at radius 1 is 1.43 bits per heavy atom. The topological polar surface area (TPSA) is 67.4 Å². The number of aryl methyl sites for hydroxylation is 2. The van der Waals surface area contributed by atoms with Crippen LogP contribution in [0.5, 0.6) is 0 Å². The highest BCUT2D eigenvalue weighted by atomic mass is 16.5. The van der Waals surface area contributed by atoms with Gasteiger partial charge < -0.3 is 15.0 Å². The van der Waals surface area contributed by atoms with Crippen LogP contribution in [0.1, 0.15) is 30.9 Å². The highest BCUT2D eigenvalue weighted by Gasteiger charge is 2.22. The molecule has 0 radical (unpaired) electrons. The van der Waals surface area contributed by atoms with Crippen molar-refractivity contribution in [3.8, 4) is 0 Å². The minimum atomic E-state index is 0.00272. The molecule has 1 saturated heterocycles. The van der Waals surface area contributed by atoms with E-state index >= 15 is 0 Å². The first-order valence-corrected chi connectivity index (χ1v) is 7.46. The molecule has 1 amide bonds. The molecule has 6 heteroatoms. The van der Waals surface area contributed by atoms with Crippen molar-refractivity contribution < 1.29 is 9.53 Å². The SMILES string of the molecule is CCc1c(C)nc(C)nc1NC[C@@H]1CN(C(C)=O)CCO1. The Labute approximate surface area is 125 Å². The van der Waals surface area contributed by atoms with Crippen LogP contribution in [0.25, 0.3) is 0 Å². The smallest absolute Gasteiger partial charge is 0.219 e. The first-order chi connectivity index (χ1) is 10.0. The standard InChI is InChI=1S/C15H24N4O2/c1-5-14-10(2)17-11(3)18-15(14)16-8-13-9-19(12(4)20)6-7-21-13/h13H,5-9H2,1-4H3,(H,16,17,18)/t13-/m1/s1. The van der Waals surface area contributed by atoms with Crippen molar-refractivity contribution in [3.63, 3.8) is 0 Å². The van der Waals surface area contributed by atoms with Crippen molar-refractivity contribution in [2.45, 2.75) is 40.2 Å². The summed E-state index contributed by atoms with van der Waals surface area (Å²) < 4.78 is 5.71. The van der Waals surface area contributed by atoms with E-state index in [-0.39, 0.29) is 12.0 Å². The summed E-state index contributed by atoms with van der Waals surface area (Å²) >= 11 is 0. The molecule has 116 valence electrons. The fourth-order valence-electron chi connectivity index (χ4n) is 2.64. The van der Waals surface area contributed by atoms with Crippen molar-refractivity contribution in [1.29, 1.82) is 0 Å². The monoisotopic (exact) mass is 292 g/mol. The molecule has 6 nitrogen and oxygen atoms in total. The van der Waals surface area contributed by atoms with E-state index in [4.69, 9.17) is 4.74 Å². The molecular formula is C15H24N4O2. The Kier molecular flexibility index (Phi) is 5.12. The average Bonchev–Trinajstić information content (AvgIpc) is 2.45. The van der Waals surface area contributed by atoms with E-state index in [0.29, 0.717) is 26.2 Å². The molecule has 1 aliphatic heterocycles. The third-order valence-electron chi connectivity index (χ3n) is 3.76. The van der Waals surface area contributed by atoms with E-state index in [1.807, 2.05) is 18.7 Å². The molecule has 0 saturated carbocycles. The first kappa shape index (κ1) is 15.7. The lowest BCUT2D eigenvalue weighted by Crippen LogP contribution is -2.47. The van der Waals surface area contributed by atoms with Gasteiger partial charge in [0.15, 0.2) is 0 Å². The Morgan fingerprint density at radius 3 is 2.86 bits per heavy atom. The lowest BCUT2D eigenvalue weighted by molar-refractivity contribution is -0.135. The van der Waals surface area contributed by atoms with Crippen LogP contribution in [-0.4, -0.2) is 53.1 Å². The van der Waals surface area contributed by atoms with Crippen molar-refractivity contribution in [2.24, 2.45) is 0 Å². The molecule has 2 heterocycles. The number of ether oxygens (including phenoxy) is 1. The van der Waals surface area contributed by atoms with Gasteiger partial charge in [0.2, 0.25) is 5.91 Å². The van der Waals surface area contributed by atoms with Gasteiger partial charge in [0.05, 0.1) is 12.7 Å². The van der Waals surface area contributed by atoms with Gasteiger partial charge in [0, 0.05) is 37.8 Å². The van der Waals surface area contributed by atoms with Gasteiger partial charge in [-0.1, -0.05) is 6.92 Å². The minimum absolute atomic E-state index is 0.00272. The number of aromatic nitrogens is 2. The normalized spacial score (nSPS) is 18.7. The Hall–Kier alpha value is -1.69. The van der Waals surface area contributed by atoms with Crippen LogP contribution in [-0.2, 0) is 16.0 Å². The largest absolute Gasteiger partial charge is 0.373 e. The first-order valence-electron chi connectivity index (χ1n) is 7.46. The number of nitrogens with zero attached hydrogens (tertiary/aromatic N) is 3. The second kappa shape index (κ2) is 6.85. The fourth-order valence-corrected chi connectivity index (χ4v) is 2.64. The fraction of sp³-hybridized carbons (Fsp3) is 0.667. The molecule has 0 aliphatic carbocycles. The predicted octanol–water partition coefficient (Wildman–Crippen LogP) is 1.32. The van der Waals surface area contributed by atoms with E-state index in [2.05, 4.69) is 22.2 Å². The van der Waals surface area contributed by atoms with Crippen molar-refractivity contribution in [2.75, 3.05) is 31.6 Å². The number of rotatable bonds is 4. The number of hydrogen-bond acceptors (Lipinski definition) is 5. The molecule has 0 bridgehead atoms. The molecule has 1 aliphatic rings. The molecular weight excluding hydrogens is 268 g/mol. The van der Waals surface area contributed by atoms with Crippen molar-refractivity contribution >= 4 is 11.7 Å². The van der Waals surface area contributed by atoms with E-state index in [0.717, 1.165) is 29.3 Å². The Bertz CT molecular complexity index is 519. The van der Waals surface area contributed by atoms with Crippen molar-refractivity contribution in [3.05, 3.63) is 17.1 Å². The predicted molar refractivity (Wildman–Crippen MR) is 81.4 cm³/mol. The van der Waals surface area contributed by atoms with Crippen LogP contribution in [0.2, 0.25) is 0 Å².